The van der Waals surface area contributed by atoms with Crippen LogP contribution < -0.4 is 0 Å². The highest BCUT2D eigenvalue weighted by Crippen LogP contribution is 2.32. The van der Waals surface area contributed by atoms with Gasteiger partial charge in [-0.05, 0) is 31.0 Å². The van der Waals surface area contributed by atoms with Crippen LogP contribution in [0.3, 0.4) is 0 Å². The van der Waals surface area contributed by atoms with E-state index in [1.54, 1.807) is 0 Å². The van der Waals surface area contributed by atoms with Gasteiger partial charge in [-0.15, -0.1) is 0 Å². The van der Waals surface area contributed by atoms with Gasteiger partial charge in [0.2, 0.25) is 0 Å². The molecular weight excluding hydrogens is 274 g/mol. The molecule has 0 radical (unpaired) electrons. The standard InChI is InChI=1S/C15H18BrN/c16-14-8-5-9-15-13(14)10-11-17(15)12-6-3-1-2-4-7-12/h5,8-12H,1-4,6-7H2. The highest BCUT2D eigenvalue weighted by Gasteiger charge is 2.15. The van der Waals surface area contributed by atoms with E-state index in [4.69, 9.17) is 0 Å². The maximum atomic E-state index is 3.64. The molecule has 2 heteroatoms. The van der Waals surface area contributed by atoms with E-state index in [-0.39, 0.29) is 0 Å². The maximum absolute atomic E-state index is 3.64. The third-order valence-electron chi connectivity index (χ3n) is 3.93. The molecule has 0 unspecified atom stereocenters. The molecule has 0 bridgehead atoms. The minimum Gasteiger partial charge on any atom is -0.344 e. The van der Waals surface area contributed by atoms with Crippen molar-refractivity contribution in [1.82, 2.24) is 4.57 Å². The van der Waals surface area contributed by atoms with Crippen LogP contribution in [0.25, 0.3) is 10.9 Å². The van der Waals surface area contributed by atoms with Gasteiger partial charge in [0.15, 0.2) is 0 Å². The SMILES string of the molecule is Brc1cccc2c1ccn2C1CCCCCC1. The van der Waals surface area contributed by atoms with Crippen LogP contribution in [0.1, 0.15) is 44.6 Å². The third-order valence-corrected chi connectivity index (χ3v) is 4.62. The highest BCUT2D eigenvalue weighted by atomic mass is 79.9. The average Bonchev–Trinajstić information content (AvgIpc) is 2.59. The molecule has 1 heterocycles. The Morgan fingerprint density at radius 1 is 1.00 bits per heavy atom. The summed E-state index contributed by atoms with van der Waals surface area (Å²) in [6, 6.07) is 9.46. The maximum Gasteiger partial charge on any atom is 0.0494 e. The van der Waals surface area contributed by atoms with Crippen LogP contribution in [0.2, 0.25) is 0 Å². The quantitative estimate of drug-likeness (QED) is 0.629. The average molecular weight is 292 g/mol. The molecule has 17 heavy (non-hydrogen) atoms. The minimum absolute atomic E-state index is 0.712. The number of benzene rings is 1. The smallest absolute Gasteiger partial charge is 0.0494 e. The fourth-order valence-corrected chi connectivity index (χ4v) is 3.49. The minimum atomic E-state index is 0.712. The molecule has 0 spiro atoms. The summed E-state index contributed by atoms with van der Waals surface area (Å²) in [7, 11) is 0. The van der Waals surface area contributed by atoms with E-state index < -0.39 is 0 Å². The van der Waals surface area contributed by atoms with Gasteiger partial charge >= 0.3 is 0 Å². The Balaban J connectivity index is 2.02. The number of rotatable bonds is 1. The number of aromatic nitrogens is 1. The molecule has 3 rings (SSSR count). The highest BCUT2D eigenvalue weighted by molar-refractivity contribution is 9.10. The van der Waals surface area contributed by atoms with Crippen molar-refractivity contribution < 1.29 is 0 Å². The molecule has 1 saturated carbocycles. The van der Waals surface area contributed by atoms with Crippen molar-refractivity contribution in [3.8, 4) is 0 Å². The number of fused-ring (bicyclic) bond motifs is 1. The lowest BCUT2D eigenvalue weighted by atomic mass is 10.1. The van der Waals surface area contributed by atoms with Gasteiger partial charge in [-0.1, -0.05) is 47.7 Å². The molecule has 0 N–H and O–H groups in total. The van der Waals surface area contributed by atoms with Crippen LogP contribution in [-0.2, 0) is 0 Å². The lowest BCUT2D eigenvalue weighted by Gasteiger charge is -2.17. The summed E-state index contributed by atoms with van der Waals surface area (Å²) in [6.07, 6.45) is 10.6. The van der Waals surface area contributed by atoms with Crippen LogP contribution in [0.5, 0.6) is 0 Å². The van der Waals surface area contributed by atoms with E-state index in [2.05, 4.69) is 51.0 Å². The van der Waals surface area contributed by atoms with Crippen LogP contribution in [0.4, 0.5) is 0 Å². The third kappa shape index (κ3) is 2.15. The Morgan fingerprint density at radius 2 is 1.76 bits per heavy atom. The van der Waals surface area contributed by atoms with Gasteiger partial charge in [-0.3, -0.25) is 0 Å². The monoisotopic (exact) mass is 291 g/mol. The summed E-state index contributed by atoms with van der Waals surface area (Å²) in [5.41, 5.74) is 1.38. The van der Waals surface area contributed by atoms with E-state index in [1.807, 2.05) is 0 Å². The summed E-state index contributed by atoms with van der Waals surface area (Å²) < 4.78 is 3.70. The van der Waals surface area contributed by atoms with Crippen LogP contribution in [0, 0.1) is 0 Å². The Hall–Kier alpha value is -0.760. The second-order valence-corrected chi connectivity index (χ2v) is 5.90. The first-order valence-corrected chi connectivity index (χ1v) is 7.40. The van der Waals surface area contributed by atoms with E-state index in [0.717, 1.165) is 0 Å². The van der Waals surface area contributed by atoms with Gasteiger partial charge in [-0.2, -0.15) is 0 Å². The lowest BCUT2D eigenvalue weighted by Crippen LogP contribution is -2.06. The van der Waals surface area contributed by atoms with Gasteiger partial charge in [0, 0.05) is 27.6 Å². The van der Waals surface area contributed by atoms with Crippen molar-refractivity contribution >= 4 is 26.8 Å². The van der Waals surface area contributed by atoms with Crippen molar-refractivity contribution in [2.75, 3.05) is 0 Å². The van der Waals surface area contributed by atoms with Crippen molar-refractivity contribution in [2.24, 2.45) is 0 Å². The Bertz CT molecular complexity index is 507. The Labute approximate surface area is 111 Å². The molecule has 0 aliphatic heterocycles. The predicted octanol–water partition coefficient (Wildman–Crippen LogP) is 5.30. The van der Waals surface area contributed by atoms with E-state index in [0.29, 0.717) is 6.04 Å². The lowest BCUT2D eigenvalue weighted by molar-refractivity contribution is 0.456. The topological polar surface area (TPSA) is 4.93 Å². The van der Waals surface area contributed by atoms with Gasteiger partial charge in [0.25, 0.3) is 0 Å². The largest absolute Gasteiger partial charge is 0.344 e. The van der Waals surface area contributed by atoms with E-state index in [9.17, 15) is 0 Å². The summed E-state index contributed by atoms with van der Waals surface area (Å²) in [5.74, 6) is 0. The summed E-state index contributed by atoms with van der Waals surface area (Å²) in [4.78, 5) is 0. The van der Waals surface area contributed by atoms with Crippen LogP contribution >= 0.6 is 15.9 Å². The molecule has 1 aromatic heterocycles. The molecule has 0 saturated heterocycles. The van der Waals surface area contributed by atoms with E-state index in [1.165, 1.54) is 53.9 Å². The van der Waals surface area contributed by atoms with Gasteiger partial charge in [-0.25, -0.2) is 0 Å². The fraction of sp³-hybridized carbons (Fsp3) is 0.467. The zero-order chi connectivity index (χ0) is 11.7. The second-order valence-electron chi connectivity index (χ2n) is 5.04. The normalized spacial score (nSPS) is 18.4. The Morgan fingerprint density at radius 3 is 2.53 bits per heavy atom. The predicted molar refractivity (Wildman–Crippen MR) is 76.4 cm³/mol. The number of nitrogens with zero attached hydrogens (tertiary/aromatic N) is 1. The Kier molecular flexibility index (Phi) is 3.24. The van der Waals surface area contributed by atoms with Crippen molar-refractivity contribution in [3.63, 3.8) is 0 Å². The molecule has 2 aromatic rings. The number of hydrogen-bond donors (Lipinski definition) is 0. The van der Waals surface area contributed by atoms with Crippen LogP contribution in [0.15, 0.2) is 34.9 Å². The zero-order valence-corrected chi connectivity index (χ0v) is 11.6. The first-order valence-electron chi connectivity index (χ1n) is 6.61. The molecule has 90 valence electrons. The number of halogens is 1. The molecule has 1 nitrogen and oxygen atoms in total. The van der Waals surface area contributed by atoms with Crippen LogP contribution in [-0.4, -0.2) is 4.57 Å². The summed E-state index contributed by atoms with van der Waals surface area (Å²) in [5, 5.41) is 1.34. The molecule has 1 aliphatic rings. The van der Waals surface area contributed by atoms with Crippen molar-refractivity contribution in [2.45, 2.75) is 44.6 Å². The fourth-order valence-electron chi connectivity index (χ4n) is 3.01. The van der Waals surface area contributed by atoms with Gasteiger partial charge in [0.1, 0.15) is 0 Å². The second kappa shape index (κ2) is 4.85. The molecular formula is C15H18BrN. The summed E-state index contributed by atoms with van der Waals surface area (Å²) in [6.45, 7) is 0. The van der Waals surface area contributed by atoms with Crippen molar-refractivity contribution in [1.29, 1.82) is 0 Å². The van der Waals surface area contributed by atoms with Gasteiger partial charge in [0.05, 0.1) is 0 Å². The molecule has 1 aliphatic carbocycles. The molecule has 0 atom stereocenters. The molecule has 1 fully saturated rings. The van der Waals surface area contributed by atoms with E-state index >= 15 is 0 Å². The first kappa shape index (κ1) is 11.3. The van der Waals surface area contributed by atoms with Gasteiger partial charge < -0.3 is 4.57 Å². The summed E-state index contributed by atoms with van der Waals surface area (Å²) >= 11 is 3.64. The molecule has 1 aromatic carbocycles. The zero-order valence-electron chi connectivity index (χ0n) is 10.0. The molecule has 0 amide bonds. The number of hydrogen-bond acceptors (Lipinski definition) is 0. The first-order chi connectivity index (χ1) is 8.36. The van der Waals surface area contributed by atoms with Crippen molar-refractivity contribution in [3.05, 3.63) is 34.9 Å².